The van der Waals surface area contributed by atoms with E-state index in [0.29, 0.717) is 0 Å². The van der Waals surface area contributed by atoms with Crippen molar-refractivity contribution < 1.29 is 0 Å². The van der Waals surface area contributed by atoms with Gasteiger partial charge < -0.3 is 5.73 Å². The highest BCUT2D eigenvalue weighted by Gasteiger charge is 2.12. The molecule has 3 aromatic rings. The molecule has 0 amide bonds. The summed E-state index contributed by atoms with van der Waals surface area (Å²) in [6.45, 7) is 2.28. The van der Waals surface area contributed by atoms with E-state index in [9.17, 15) is 0 Å². The molecule has 0 saturated carbocycles. The molecule has 0 fully saturated rings. The zero-order valence-corrected chi connectivity index (χ0v) is 18.1. The number of nitrogen functional groups attached to an aromatic ring is 1. The predicted molar refractivity (Wildman–Crippen MR) is 129 cm³/mol. The Labute approximate surface area is 177 Å². The van der Waals surface area contributed by atoms with E-state index >= 15 is 0 Å². The van der Waals surface area contributed by atoms with Gasteiger partial charge >= 0.3 is 0 Å². The van der Waals surface area contributed by atoms with E-state index in [-0.39, 0.29) is 0 Å². The second-order valence-electron chi connectivity index (χ2n) is 8.34. The van der Waals surface area contributed by atoms with Gasteiger partial charge in [0.2, 0.25) is 0 Å². The second-order valence-corrected chi connectivity index (χ2v) is 8.34. The van der Waals surface area contributed by atoms with E-state index in [1.165, 1.54) is 91.7 Å². The third-order valence-corrected chi connectivity index (χ3v) is 6.07. The molecular weight excluding hydrogens is 350 g/mol. The van der Waals surface area contributed by atoms with Gasteiger partial charge in [0.25, 0.3) is 0 Å². The van der Waals surface area contributed by atoms with Crippen LogP contribution in [0.4, 0.5) is 5.69 Å². The van der Waals surface area contributed by atoms with Crippen LogP contribution >= 0.6 is 0 Å². The summed E-state index contributed by atoms with van der Waals surface area (Å²) in [4.78, 5) is 0. The number of hydrogen-bond donors (Lipinski definition) is 1. The first kappa shape index (κ1) is 21.4. The minimum absolute atomic E-state index is 0.970. The summed E-state index contributed by atoms with van der Waals surface area (Å²) in [7, 11) is 0. The molecule has 1 nitrogen and oxygen atoms in total. The Kier molecular flexibility index (Phi) is 8.61. The molecule has 0 aliphatic heterocycles. The Balaban J connectivity index is 1.60. The molecule has 0 saturated heterocycles. The molecule has 0 bridgehead atoms. The van der Waals surface area contributed by atoms with E-state index in [0.717, 1.165) is 12.1 Å². The Morgan fingerprint density at radius 1 is 0.655 bits per heavy atom. The molecule has 0 aromatic heterocycles. The third-order valence-electron chi connectivity index (χ3n) is 6.07. The fourth-order valence-electron chi connectivity index (χ4n) is 4.35. The Bertz CT molecular complexity index is 866. The fourth-order valence-corrected chi connectivity index (χ4v) is 4.35. The van der Waals surface area contributed by atoms with Crippen LogP contribution in [0.1, 0.15) is 76.7 Å². The van der Waals surface area contributed by atoms with Crippen LogP contribution in [0.2, 0.25) is 0 Å². The van der Waals surface area contributed by atoms with E-state index in [1.807, 2.05) is 0 Å². The lowest BCUT2D eigenvalue weighted by Crippen LogP contribution is -2.00. The Morgan fingerprint density at radius 2 is 1.24 bits per heavy atom. The van der Waals surface area contributed by atoms with Crippen molar-refractivity contribution in [3.8, 4) is 11.1 Å². The summed E-state index contributed by atoms with van der Waals surface area (Å²) in [6, 6.07) is 21.5. The van der Waals surface area contributed by atoms with Gasteiger partial charge in [-0.3, -0.25) is 0 Å². The summed E-state index contributed by atoms with van der Waals surface area (Å²) >= 11 is 0. The molecule has 0 aliphatic rings. The summed E-state index contributed by atoms with van der Waals surface area (Å²) in [5.41, 5.74) is 11.5. The van der Waals surface area contributed by atoms with E-state index in [4.69, 9.17) is 5.73 Å². The Hall–Kier alpha value is -2.28. The topological polar surface area (TPSA) is 26.0 Å². The van der Waals surface area contributed by atoms with Crippen LogP contribution in [-0.2, 0) is 6.42 Å². The highest BCUT2D eigenvalue weighted by Crippen LogP contribution is 2.35. The molecule has 0 radical (unpaired) electrons. The minimum atomic E-state index is 0.970. The molecule has 29 heavy (non-hydrogen) atoms. The van der Waals surface area contributed by atoms with E-state index in [2.05, 4.69) is 67.6 Å². The van der Waals surface area contributed by atoms with Crippen LogP contribution in [0, 0.1) is 0 Å². The first-order valence-electron chi connectivity index (χ1n) is 11.7. The second kappa shape index (κ2) is 11.7. The van der Waals surface area contributed by atoms with Crippen LogP contribution in [0.25, 0.3) is 21.9 Å². The van der Waals surface area contributed by atoms with E-state index < -0.39 is 0 Å². The van der Waals surface area contributed by atoms with E-state index in [1.54, 1.807) is 0 Å². The lowest BCUT2D eigenvalue weighted by atomic mass is 9.90. The number of rotatable bonds is 12. The van der Waals surface area contributed by atoms with Crippen molar-refractivity contribution in [1.29, 1.82) is 0 Å². The van der Waals surface area contributed by atoms with Gasteiger partial charge in [0.1, 0.15) is 0 Å². The number of nitrogens with two attached hydrogens (primary N) is 1. The van der Waals surface area contributed by atoms with Gasteiger partial charge in [0.05, 0.1) is 0 Å². The molecule has 154 valence electrons. The summed E-state index contributed by atoms with van der Waals surface area (Å²) < 4.78 is 0. The maximum absolute atomic E-state index is 6.68. The molecule has 0 heterocycles. The highest BCUT2D eigenvalue weighted by molar-refractivity contribution is 5.99. The summed E-state index contributed by atoms with van der Waals surface area (Å²) in [5.74, 6) is 0. The maximum Gasteiger partial charge on any atom is 0.0432 e. The molecule has 2 N–H and O–H groups in total. The van der Waals surface area contributed by atoms with Gasteiger partial charge in [-0.05, 0) is 41.0 Å². The zero-order chi connectivity index (χ0) is 20.3. The Morgan fingerprint density at radius 3 is 1.93 bits per heavy atom. The van der Waals surface area contributed by atoms with Crippen LogP contribution in [-0.4, -0.2) is 0 Å². The van der Waals surface area contributed by atoms with Crippen molar-refractivity contribution in [2.45, 2.75) is 77.6 Å². The maximum atomic E-state index is 6.68. The third kappa shape index (κ3) is 6.10. The molecule has 0 unspecified atom stereocenters. The van der Waals surface area contributed by atoms with Gasteiger partial charge in [-0.1, -0.05) is 119 Å². The van der Waals surface area contributed by atoms with Crippen LogP contribution in [0.15, 0.2) is 60.7 Å². The van der Waals surface area contributed by atoms with Crippen LogP contribution in [0.5, 0.6) is 0 Å². The normalized spacial score (nSPS) is 11.2. The number of benzene rings is 3. The van der Waals surface area contributed by atoms with Crippen molar-refractivity contribution in [2.24, 2.45) is 0 Å². The molecule has 1 heteroatoms. The quantitative estimate of drug-likeness (QED) is 0.244. The summed E-state index contributed by atoms with van der Waals surface area (Å²) in [6.07, 6.45) is 14.7. The van der Waals surface area contributed by atoms with Crippen molar-refractivity contribution in [2.75, 3.05) is 5.73 Å². The standard InChI is InChI=1S/C28H37N/c1-2-3-4-5-6-7-8-9-10-14-21-26-27(23-17-12-11-13-18-23)22-24-19-15-16-20-25(24)28(26)29/h11-13,15-20,22H,2-10,14,21,29H2,1H3. The van der Waals surface area contributed by atoms with Gasteiger partial charge in [-0.15, -0.1) is 0 Å². The first-order chi connectivity index (χ1) is 14.3. The predicted octanol–water partition coefficient (Wildman–Crippen LogP) is 8.55. The van der Waals surface area contributed by atoms with Crippen molar-refractivity contribution in [3.05, 3.63) is 66.2 Å². The number of anilines is 1. The van der Waals surface area contributed by atoms with Crippen molar-refractivity contribution in [3.63, 3.8) is 0 Å². The van der Waals surface area contributed by atoms with Gasteiger partial charge in [-0.2, -0.15) is 0 Å². The van der Waals surface area contributed by atoms with Gasteiger partial charge in [0, 0.05) is 11.1 Å². The lowest BCUT2D eigenvalue weighted by molar-refractivity contribution is 0.556. The molecule has 0 atom stereocenters. The molecule has 0 aliphatic carbocycles. The number of unbranched alkanes of at least 4 members (excludes halogenated alkanes) is 9. The molecular formula is C28H37N. The molecule has 3 rings (SSSR count). The zero-order valence-electron chi connectivity index (χ0n) is 18.1. The summed E-state index contributed by atoms with van der Waals surface area (Å²) in [5, 5.41) is 2.42. The average Bonchev–Trinajstić information content (AvgIpc) is 2.77. The lowest BCUT2D eigenvalue weighted by Gasteiger charge is -2.16. The fraction of sp³-hybridized carbons (Fsp3) is 0.429. The van der Waals surface area contributed by atoms with Gasteiger partial charge in [-0.25, -0.2) is 0 Å². The molecule has 3 aromatic carbocycles. The first-order valence-corrected chi connectivity index (χ1v) is 11.7. The number of fused-ring (bicyclic) bond motifs is 1. The van der Waals surface area contributed by atoms with Crippen molar-refractivity contribution in [1.82, 2.24) is 0 Å². The molecule has 0 spiro atoms. The van der Waals surface area contributed by atoms with Crippen LogP contribution < -0.4 is 5.73 Å². The van der Waals surface area contributed by atoms with Crippen LogP contribution in [0.3, 0.4) is 0 Å². The highest BCUT2D eigenvalue weighted by atomic mass is 14.6. The van der Waals surface area contributed by atoms with Crippen molar-refractivity contribution >= 4 is 16.5 Å². The SMILES string of the molecule is CCCCCCCCCCCCc1c(-c2ccccc2)cc2ccccc2c1N. The monoisotopic (exact) mass is 387 g/mol. The number of hydrogen-bond acceptors (Lipinski definition) is 1. The smallest absolute Gasteiger partial charge is 0.0432 e. The largest absolute Gasteiger partial charge is 0.398 e. The van der Waals surface area contributed by atoms with Gasteiger partial charge in [0.15, 0.2) is 0 Å². The average molecular weight is 388 g/mol. The minimum Gasteiger partial charge on any atom is -0.398 e.